The molecule has 0 spiro atoms. The Morgan fingerprint density at radius 1 is 1.12 bits per heavy atom. The second-order valence-corrected chi connectivity index (χ2v) is 11.1. The second kappa shape index (κ2) is 8.69. The lowest BCUT2D eigenvalue weighted by Gasteiger charge is -2.14. The number of benzene rings is 2. The molecule has 0 aliphatic rings. The summed E-state index contributed by atoms with van der Waals surface area (Å²) in [7, 11) is -0.701. The van der Waals surface area contributed by atoms with E-state index in [1.165, 1.54) is 49.7 Å². The van der Waals surface area contributed by atoms with E-state index in [9.17, 15) is 17.6 Å². The van der Waals surface area contributed by atoms with E-state index in [0.29, 0.717) is 17.1 Å². The molecule has 10 heteroatoms. The number of rotatable bonds is 6. The molecule has 0 atom stereocenters. The molecule has 0 saturated heterocycles. The van der Waals surface area contributed by atoms with Gasteiger partial charge < -0.3 is 5.32 Å². The number of carbonyl (C=O) groups is 1. The minimum Gasteiger partial charge on any atom is -0.321 e. The van der Waals surface area contributed by atoms with Gasteiger partial charge >= 0.3 is 0 Å². The number of aromatic nitrogens is 2. The Hall–Kier alpha value is -3.08. The number of aryl methyl sites for hydroxylation is 2. The molecule has 0 aliphatic heterocycles. The number of nitrogens with one attached hydrogen (secondary N) is 1. The van der Waals surface area contributed by atoms with Gasteiger partial charge in [0.2, 0.25) is 10.0 Å². The monoisotopic (exact) mass is 486 g/mol. The molecule has 172 valence electrons. The van der Waals surface area contributed by atoms with Crippen molar-refractivity contribution in [2.45, 2.75) is 25.3 Å². The molecule has 2 aromatic carbocycles. The fourth-order valence-electron chi connectivity index (χ4n) is 3.39. The van der Waals surface area contributed by atoms with Crippen LogP contribution in [0.25, 0.3) is 10.2 Å². The molecule has 0 unspecified atom stereocenters. The maximum atomic E-state index is 13.2. The van der Waals surface area contributed by atoms with E-state index in [4.69, 9.17) is 0 Å². The maximum Gasteiger partial charge on any atom is 0.265 e. The number of fused-ring (bicyclic) bond motifs is 1. The van der Waals surface area contributed by atoms with Crippen molar-refractivity contribution in [2.24, 2.45) is 0 Å². The topological polar surface area (TPSA) is 84.3 Å². The van der Waals surface area contributed by atoms with Crippen molar-refractivity contribution < 1.29 is 17.6 Å². The van der Waals surface area contributed by atoms with Gasteiger partial charge in [-0.1, -0.05) is 18.2 Å². The lowest BCUT2D eigenvalue weighted by Crippen LogP contribution is -2.22. The highest BCUT2D eigenvalue weighted by Gasteiger charge is 2.20. The van der Waals surface area contributed by atoms with Crippen LogP contribution in [-0.2, 0) is 16.6 Å². The Bertz CT molecular complexity index is 1460. The SMILES string of the molecule is Cc1ccc(S(=O)(=O)N(C)C)cc1NC(=O)c1cc2c(C)nn(Cc3ccc(F)cc3)c2s1. The van der Waals surface area contributed by atoms with Crippen LogP contribution in [0.1, 0.15) is 26.5 Å². The van der Waals surface area contributed by atoms with E-state index in [1.807, 2.05) is 6.92 Å². The zero-order valence-corrected chi connectivity index (χ0v) is 20.2. The van der Waals surface area contributed by atoms with Gasteiger partial charge in [-0.05, 0) is 55.3 Å². The van der Waals surface area contributed by atoms with Gasteiger partial charge in [0.25, 0.3) is 5.91 Å². The third kappa shape index (κ3) is 4.54. The predicted octanol–water partition coefficient (Wildman–Crippen LogP) is 4.40. The zero-order chi connectivity index (χ0) is 23.9. The van der Waals surface area contributed by atoms with Gasteiger partial charge in [-0.2, -0.15) is 5.10 Å². The van der Waals surface area contributed by atoms with Gasteiger partial charge in [-0.3, -0.25) is 9.48 Å². The van der Waals surface area contributed by atoms with Crippen molar-refractivity contribution in [1.29, 1.82) is 0 Å². The number of halogens is 1. The molecule has 1 amide bonds. The number of carbonyl (C=O) groups excluding carboxylic acids is 1. The smallest absolute Gasteiger partial charge is 0.265 e. The minimum atomic E-state index is -3.62. The third-order valence-corrected chi connectivity index (χ3v) is 8.27. The molecule has 4 rings (SSSR count). The van der Waals surface area contributed by atoms with E-state index in [2.05, 4.69) is 10.4 Å². The lowest BCUT2D eigenvalue weighted by atomic mass is 10.2. The molecule has 0 saturated carbocycles. The van der Waals surface area contributed by atoms with Gasteiger partial charge in [0.15, 0.2) is 0 Å². The van der Waals surface area contributed by atoms with Gasteiger partial charge in [-0.25, -0.2) is 17.1 Å². The molecule has 4 aromatic rings. The molecule has 0 fully saturated rings. The van der Waals surface area contributed by atoms with Crippen LogP contribution >= 0.6 is 11.3 Å². The first kappa shape index (κ1) is 23.1. The molecule has 0 bridgehead atoms. The van der Waals surface area contributed by atoms with Gasteiger partial charge in [0.1, 0.15) is 10.6 Å². The van der Waals surface area contributed by atoms with Crippen LogP contribution in [0.5, 0.6) is 0 Å². The number of nitrogens with zero attached hydrogens (tertiary/aromatic N) is 3. The van der Waals surface area contributed by atoms with E-state index in [-0.39, 0.29) is 16.6 Å². The summed E-state index contributed by atoms with van der Waals surface area (Å²) in [5.41, 5.74) is 2.87. The Kier molecular flexibility index (Phi) is 6.08. The van der Waals surface area contributed by atoms with Crippen molar-refractivity contribution >= 4 is 43.2 Å². The predicted molar refractivity (Wildman–Crippen MR) is 128 cm³/mol. The second-order valence-electron chi connectivity index (χ2n) is 7.92. The number of thiophene rings is 1. The van der Waals surface area contributed by atoms with E-state index in [1.54, 1.807) is 35.9 Å². The summed E-state index contributed by atoms with van der Waals surface area (Å²) >= 11 is 1.30. The maximum absolute atomic E-state index is 13.2. The number of amides is 1. The molecule has 0 aliphatic carbocycles. The average Bonchev–Trinajstić information content (AvgIpc) is 3.32. The Morgan fingerprint density at radius 2 is 1.82 bits per heavy atom. The molecule has 2 heterocycles. The highest BCUT2D eigenvalue weighted by molar-refractivity contribution is 7.89. The van der Waals surface area contributed by atoms with Gasteiger partial charge in [0.05, 0.1) is 22.0 Å². The lowest BCUT2D eigenvalue weighted by molar-refractivity contribution is 0.103. The molecule has 0 radical (unpaired) electrons. The van der Waals surface area contributed by atoms with E-state index in [0.717, 1.165) is 31.3 Å². The summed E-state index contributed by atoms with van der Waals surface area (Å²) in [6.45, 7) is 4.13. The van der Waals surface area contributed by atoms with Crippen LogP contribution in [0.4, 0.5) is 10.1 Å². The molecule has 1 N–H and O–H groups in total. The Labute approximate surface area is 195 Å². The van der Waals surface area contributed by atoms with Crippen LogP contribution in [0, 0.1) is 19.7 Å². The molecule has 2 aromatic heterocycles. The average molecular weight is 487 g/mol. The van der Waals surface area contributed by atoms with Crippen LogP contribution in [0.15, 0.2) is 53.4 Å². The highest BCUT2D eigenvalue weighted by Crippen LogP contribution is 2.30. The number of anilines is 1. The number of sulfonamides is 1. The molecular formula is C23H23FN4O3S2. The normalized spacial score (nSPS) is 11.9. The Balaban J connectivity index is 1.62. The summed E-state index contributed by atoms with van der Waals surface area (Å²) in [6, 6.07) is 12.7. The van der Waals surface area contributed by atoms with Gasteiger partial charge in [0, 0.05) is 25.2 Å². The van der Waals surface area contributed by atoms with E-state index < -0.39 is 10.0 Å². The van der Waals surface area contributed by atoms with E-state index >= 15 is 0 Å². The molecular weight excluding hydrogens is 463 g/mol. The van der Waals surface area contributed by atoms with Crippen molar-refractivity contribution in [3.8, 4) is 0 Å². The summed E-state index contributed by atoms with van der Waals surface area (Å²) in [6.07, 6.45) is 0. The fraction of sp³-hybridized carbons (Fsp3) is 0.217. The molecule has 7 nitrogen and oxygen atoms in total. The van der Waals surface area contributed by atoms with Crippen molar-refractivity contribution in [1.82, 2.24) is 14.1 Å². The van der Waals surface area contributed by atoms with Crippen molar-refractivity contribution in [3.05, 3.63) is 76.0 Å². The standard InChI is InChI=1S/C23H23FN4O3S2/c1-14-5-10-18(33(30,31)27(3)4)11-20(14)25-22(29)21-12-19-15(2)26-28(23(19)32-21)13-16-6-8-17(24)9-7-16/h5-12H,13H2,1-4H3,(H,25,29). The largest absolute Gasteiger partial charge is 0.321 e. The van der Waals surface area contributed by atoms with Crippen molar-refractivity contribution in [2.75, 3.05) is 19.4 Å². The van der Waals surface area contributed by atoms with Crippen LogP contribution in [0.2, 0.25) is 0 Å². The van der Waals surface area contributed by atoms with Crippen LogP contribution < -0.4 is 5.32 Å². The first-order valence-corrected chi connectivity index (χ1v) is 12.4. The summed E-state index contributed by atoms with van der Waals surface area (Å²) < 4.78 is 41.1. The van der Waals surface area contributed by atoms with Gasteiger partial charge in [-0.15, -0.1) is 11.3 Å². The first-order chi connectivity index (χ1) is 15.6. The number of hydrogen-bond acceptors (Lipinski definition) is 5. The Morgan fingerprint density at radius 3 is 2.48 bits per heavy atom. The summed E-state index contributed by atoms with van der Waals surface area (Å²) in [5.74, 6) is -0.625. The summed E-state index contributed by atoms with van der Waals surface area (Å²) in [5, 5.41) is 8.26. The fourth-order valence-corrected chi connectivity index (χ4v) is 5.37. The highest BCUT2D eigenvalue weighted by atomic mass is 32.2. The first-order valence-electron chi connectivity index (χ1n) is 10.1. The molecule has 33 heavy (non-hydrogen) atoms. The third-order valence-electron chi connectivity index (χ3n) is 5.31. The van der Waals surface area contributed by atoms with Crippen LogP contribution in [0.3, 0.4) is 0 Å². The summed E-state index contributed by atoms with van der Waals surface area (Å²) in [4.78, 5) is 14.4. The number of hydrogen-bond donors (Lipinski definition) is 1. The van der Waals surface area contributed by atoms with Crippen molar-refractivity contribution in [3.63, 3.8) is 0 Å². The zero-order valence-electron chi connectivity index (χ0n) is 18.6. The van der Waals surface area contributed by atoms with Crippen LogP contribution in [-0.4, -0.2) is 42.5 Å². The minimum absolute atomic E-state index is 0.107. The quantitative estimate of drug-likeness (QED) is 0.438.